The Morgan fingerprint density at radius 3 is 2.31 bits per heavy atom. The molecule has 3 heterocycles. The van der Waals surface area contributed by atoms with E-state index in [9.17, 15) is 30.0 Å². The number of aliphatic hydroxyl groups excluding tert-OH is 3. The molecule has 0 bridgehead atoms. The van der Waals surface area contributed by atoms with E-state index in [1.54, 1.807) is 19.2 Å². The molecule has 3 aliphatic heterocycles. The van der Waals surface area contributed by atoms with Crippen molar-refractivity contribution in [3.05, 3.63) is 100 Å². The lowest BCUT2D eigenvalue weighted by atomic mass is 9.52. The van der Waals surface area contributed by atoms with Crippen LogP contribution in [0, 0.1) is 17.3 Å². The van der Waals surface area contributed by atoms with Gasteiger partial charge in [0.15, 0.2) is 17.7 Å². The molecule has 0 aromatic heterocycles. The third-order valence-corrected chi connectivity index (χ3v) is 16.1. The normalized spacial score (nSPS) is 24.7. The highest BCUT2D eigenvalue weighted by molar-refractivity contribution is 6.12. The van der Waals surface area contributed by atoms with E-state index in [2.05, 4.69) is 22.8 Å². The number of hydrogen-bond acceptors (Lipinski definition) is 13. The van der Waals surface area contributed by atoms with Crippen LogP contribution < -0.4 is 34.3 Å². The van der Waals surface area contributed by atoms with E-state index in [0.717, 1.165) is 66.3 Å². The molecular weight excluding hydrogens is 855 g/mol. The van der Waals surface area contributed by atoms with Crippen molar-refractivity contribution in [1.29, 1.82) is 0 Å². The number of carbonyl (C=O) groups is 2. The van der Waals surface area contributed by atoms with E-state index < -0.39 is 29.6 Å². The summed E-state index contributed by atoms with van der Waals surface area (Å²) in [5, 5.41) is 53.5. The molecule has 0 saturated heterocycles. The number of carbonyl (C=O) groups excluding carboxylic acids is 2. The molecule has 4 aromatic carbocycles. The molecule has 1 spiro atoms. The first-order valence-corrected chi connectivity index (χ1v) is 23.8. The molecule has 6 atom stereocenters. The smallest absolute Gasteiger partial charge is 0.253 e. The lowest BCUT2D eigenvalue weighted by Crippen LogP contribution is -2.52. The molecule has 14 nitrogen and oxygen atoms in total. The zero-order chi connectivity index (χ0) is 46.6. The van der Waals surface area contributed by atoms with Crippen molar-refractivity contribution in [3.8, 4) is 45.6 Å². The number of phenols is 1. The van der Waals surface area contributed by atoms with Gasteiger partial charge in [0.2, 0.25) is 5.75 Å². The monoisotopic (exact) mass is 915 g/mol. The summed E-state index contributed by atoms with van der Waals surface area (Å²) in [4.78, 5) is 27.3. The fraction of sp³-hybridized carbons (Fsp3) is 0.472. The van der Waals surface area contributed by atoms with E-state index in [-0.39, 0.29) is 66.9 Å². The zero-order valence-electron chi connectivity index (χ0n) is 38.4. The van der Waals surface area contributed by atoms with Gasteiger partial charge in [-0.3, -0.25) is 19.8 Å². The molecule has 0 radical (unpaired) electrons. The minimum atomic E-state index is -1.06. The number of aliphatic hydroxyl groups is 3. The molecule has 67 heavy (non-hydrogen) atoms. The van der Waals surface area contributed by atoms with Crippen LogP contribution in [0.1, 0.15) is 103 Å². The Kier molecular flexibility index (Phi) is 12.1. The van der Waals surface area contributed by atoms with Crippen LogP contribution in [0.25, 0.3) is 11.1 Å². The number of anilines is 1. The van der Waals surface area contributed by atoms with Crippen molar-refractivity contribution in [2.75, 3.05) is 59.2 Å². The first-order valence-electron chi connectivity index (χ1n) is 23.8. The van der Waals surface area contributed by atoms with Crippen LogP contribution in [0.3, 0.4) is 0 Å². The van der Waals surface area contributed by atoms with E-state index in [1.807, 2.05) is 37.3 Å². The van der Waals surface area contributed by atoms with Crippen LogP contribution in [-0.2, 0) is 27.8 Å². The maximum atomic E-state index is 12.9. The molecular formula is C53H61N3O11. The third kappa shape index (κ3) is 7.56. The van der Waals surface area contributed by atoms with Gasteiger partial charge in [0.05, 0.1) is 39.1 Å². The van der Waals surface area contributed by atoms with Gasteiger partial charge in [-0.2, -0.15) is 0 Å². The summed E-state index contributed by atoms with van der Waals surface area (Å²) in [6.07, 6.45) is 8.39. The lowest BCUT2D eigenvalue weighted by molar-refractivity contribution is -0.139. The largest absolute Gasteiger partial charge is 0.502 e. The first kappa shape index (κ1) is 45.0. The van der Waals surface area contributed by atoms with Crippen molar-refractivity contribution in [2.24, 2.45) is 17.3 Å². The van der Waals surface area contributed by atoms with E-state index >= 15 is 0 Å². The van der Waals surface area contributed by atoms with Gasteiger partial charge in [-0.1, -0.05) is 50.1 Å². The first-order chi connectivity index (χ1) is 32.5. The van der Waals surface area contributed by atoms with Crippen molar-refractivity contribution in [3.63, 3.8) is 0 Å². The summed E-state index contributed by atoms with van der Waals surface area (Å²) < 4.78 is 30.9. The maximum absolute atomic E-state index is 12.9. The van der Waals surface area contributed by atoms with Crippen LogP contribution in [0.5, 0.6) is 34.5 Å². The molecule has 6 aliphatic rings. The number of hydrogen-bond donors (Lipinski definition) is 6. The topological polar surface area (TPSA) is 189 Å². The Morgan fingerprint density at radius 2 is 1.60 bits per heavy atom. The van der Waals surface area contributed by atoms with Gasteiger partial charge in [-0.15, -0.1) is 0 Å². The number of aromatic hydroxyl groups is 1. The minimum Gasteiger partial charge on any atom is -0.502 e. The van der Waals surface area contributed by atoms with Gasteiger partial charge in [0.1, 0.15) is 24.0 Å². The second-order valence-electron chi connectivity index (χ2n) is 19.2. The average Bonchev–Trinajstić information content (AvgIpc) is 3.95. The number of benzene rings is 4. The summed E-state index contributed by atoms with van der Waals surface area (Å²) in [5.41, 5.74) is 6.63. The number of phenolic OH excluding ortho intramolecular Hbond substituents is 1. The Morgan fingerprint density at radius 1 is 0.866 bits per heavy atom. The van der Waals surface area contributed by atoms with E-state index in [4.69, 9.17) is 23.7 Å². The summed E-state index contributed by atoms with van der Waals surface area (Å²) in [7, 11) is 3.10. The van der Waals surface area contributed by atoms with Gasteiger partial charge < -0.3 is 49.4 Å². The van der Waals surface area contributed by atoms with Crippen molar-refractivity contribution >= 4 is 17.5 Å². The number of ether oxygens (including phenoxy) is 5. The molecule has 2 amide bonds. The number of methoxy groups -OCH3 is 2. The van der Waals surface area contributed by atoms with Crippen molar-refractivity contribution in [1.82, 2.24) is 10.2 Å². The second kappa shape index (κ2) is 18.0. The van der Waals surface area contributed by atoms with Gasteiger partial charge in [-0.05, 0) is 91.6 Å². The van der Waals surface area contributed by atoms with Crippen LogP contribution in [0.15, 0.2) is 66.7 Å². The number of rotatable bonds is 15. The molecule has 14 heteroatoms. The minimum absolute atomic E-state index is 0.00978. The molecule has 2 fully saturated rings. The maximum Gasteiger partial charge on any atom is 0.253 e. The van der Waals surface area contributed by atoms with Gasteiger partial charge in [0.25, 0.3) is 11.8 Å². The quantitative estimate of drug-likeness (QED) is 0.0409. The Labute approximate surface area is 390 Å². The summed E-state index contributed by atoms with van der Waals surface area (Å²) in [6.45, 7) is 3.21. The molecule has 3 aliphatic carbocycles. The third-order valence-electron chi connectivity index (χ3n) is 16.1. The Bertz CT molecular complexity index is 2570. The highest BCUT2D eigenvalue weighted by atomic mass is 16.5. The van der Waals surface area contributed by atoms with E-state index in [1.165, 1.54) is 24.2 Å². The van der Waals surface area contributed by atoms with Gasteiger partial charge >= 0.3 is 0 Å². The number of amides is 2. The Balaban J connectivity index is 0.972. The molecule has 0 unspecified atom stereocenters. The standard InChI is InChI=1S/C53H61N3O11/c1-4-54-29-67-40-23-38(63-2)34-12-13-35-45-37(55-51(62)48(40)47(34)45)22-39-46(35)49(60)36(28-66-39)30-20-41(64-3)50(61)42(21-30)65-27-33(26-57)53(31-10-6-5-7-11-31)19-18-52(16-8-9-17-52)32(24-53)25-56-43(58)14-15-44(56)59/h5-7,10-11,14-15,20-23,32-33,36,49,51,54-55,57,60-62H,4,8-9,12-13,16-19,24-29H2,1-3H3/t32-,33+,36+,49+,51-,53-/m1/s1. The molecule has 354 valence electrons. The summed E-state index contributed by atoms with van der Waals surface area (Å²) in [5.74, 6) is 0.209. The zero-order valence-corrected chi connectivity index (χ0v) is 38.4. The van der Waals surface area contributed by atoms with Gasteiger partial charge in [-0.25, -0.2) is 0 Å². The van der Waals surface area contributed by atoms with Crippen molar-refractivity contribution in [2.45, 2.75) is 88.4 Å². The highest BCUT2D eigenvalue weighted by Gasteiger charge is 2.54. The summed E-state index contributed by atoms with van der Waals surface area (Å²) in [6, 6.07) is 17.3. The van der Waals surface area contributed by atoms with Crippen molar-refractivity contribution < 1.29 is 53.7 Å². The van der Waals surface area contributed by atoms with Crippen LogP contribution in [0.2, 0.25) is 0 Å². The predicted molar refractivity (Wildman–Crippen MR) is 250 cm³/mol. The molecule has 4 aromatic rings. The molecule has 10 rings (SSSR count). The van der Waals surface area contributed by atoms with Crippen LogP contribution in [-0.4, -0.2) is 91.0 Å². The second-order valence-corrected chi connectivity index (χ2v) is 19.2. The lowest BCUT2D eigenvalue weighted by Gasteiger charge is -2.54. The number of nitrogens with one attached hydrogen (secondary N) is 2. The number of fused-ring (bicyclic) bond motifs is 2. The fourth-order valence-electron chi connectivity index (χ4n) is 12.6. The number of imide groups is 1. The van der Waals surface area contributed by atoms with Gasteiger partial charge in [0, 0.05) is 82.6 Å². The average molecular weight is 916 g/mol. The predicted octanol–water partition coefficient (Wildman–Crippen LogP) is 6.96. The Hall–Kier alpha value is -5.80. The number of nitrogens with zero attached hydrogens (tertiary/aromatic N) is 1. The van der Waals surface area contributed by atoms with Crippen LogP contribution in [0.4, 0.5) is 5.69 Å². The fourth-order valence-corrected chi connectivity index (χ4v) is 12.6. The molecule has 6 N–H and O–H groups in total. The SMILES string of the molecule is CCNCOc1cc(OC)c2c3c1[C@@H](O)Nc1cc4c(c(c1-3)CC2)[C@@H](O)[C@H](c1cc(OC)c(O)c(OC[C@H](CO)[C@]2(c3ccccc3)CCC3(CCCC3)[C@@H](CN3C(=O)C=CC3=O)C2)c1)CO4. The summed E-state index contributed by atoms with van der Waals surface area (Å²) >= 11 is 0. The van der Waals surface area contributed by atoms with E-state index in [0.29, 0.717) is 72.0 Å². The molecule has 2 saturated carbocycles. The van der Waals surface area contributed by atoms with Crippen LogP contribution >= 0.6 is 0 Å². The highest BCUT2D eigenvalue weighted by Crippen LogP contribution is 2.61.